The van der Waals surface area contributed by atoms with Crippen LogP contribution in [0.1, 0.15) is 0 Å². The first-order valence-electron chi connectivity index (χ1n) is 14.4. The first kappa shape index (κ1) is 23.5. The van der Waals surface area contributed by atoms with Gasteiger partial charge in [-0.3, -0.25) is 0 Å². The number of fused-ring (bicyclic) bond motifs is 7. The molecular weight excluding hydrogens is 527 g/mol. The van der Waals surface area contributed by atoms with E-state index in [1.165, 1.54) is 80.7 Å². The fraction of sp³-hybridized carbons (Fsp3) is 0. The van der Waals surface area contributed by atoms with Crippen LogP contribution in [0.15, 0.2) is 152 Å². The topological polar surface area (TPSA) is 4.93 Å². The first-order valence-corrected chi connectivity index (χ1v) is 15.2. The summed E-state index contributed by atoms with van der Waals surface area (Å²) in [6.45, 7) is 0. The molecule has 7 aromatic carbocycles. The number of nitrogens with zero attached hydrogens (tertiary/aromatic N) is 1. The van der Waals surface area contributed by atoms with Crippen molar-refractivity contribution in [3.05, 3.63) is 152 Å². The Morgan fingerprint density at radius 2 is 1.07 bits per heavy atom. The van der Waals surface area contributed by atoms with Crippen LogP contribution in [-0.4, -0.2) is 4.57 Å². The van der Waals surface area contributed by atoms with Crippen molar-refractivity contribution < 1.29 is 0 Å². The van der Waals surface area contributed by atoms with Gasteiger partial charge in [-0.05, 0) is 75.5 Å². The third-order valence-electron chi connectivity index (χ3n) is 8.60. The highest BCUT2D eigenvalue weighted by molar-refractivity contribution is 7.25. The van der Waals surface area contributed by atoms with E-state index in [0.29, 0.717) is 0 Å². The van der Waals surface area contributed by atoms with Crippen LogP contribution in [0.25, 0.3) is 80.7 Å². The minimum absolute atomic E-state index is 1.17. The molecule has 0 unspecified atom stereocenters. The van der Waals surface area contributed by atoms with E-state index >= 15 is 0 Å². The molecule has 0 aliphatic carbocycles. The van der Waals surface area contributed by atoms with Gasteiger partial charge in [0.25, 0.3) is 0 Å². The fourth-order valence-corrected chi connectivity index (χ4v) is 7.72. The van der Waals surface area contributed by atoms with Gasteiger partial charge in [-0.1, -0.05) is 109 Å². The Labute approximate surface area is 247 Å². The molecule has 42 heavy (non-hydrogen) atoms. The molecule has 0 atom stereocenters. The summed E-state index contributed by atoms with van der Waals surface area (Å²) < 4.78 is 5.11. The summed E-state index contributed by atoms with van der Waals surface area (Å²) in [4.78, 5) is 0. The van der Waals surface area contributed by atoms with Gasteiger partial charge >= 0.3 is 0 Å². The van der Waals surface area contributed by atoms with E-state index in [1.807, 2.05) is 11.3 Å². The number of thiophene rings is 1. The second-order valence-corrected chi connectivity index (χ2v) is 12.1. The second kappa shape index (κ2) is 9.17. The molecule has 0 radical (unpaired) electrons. The van der Waals surface area contributed by atoms with E-state index in [2.05, 4.69) is 156 Å². The third-order valence-corrected chi connectivity index (χ3v) is 9.73. The van der Waals surface area contributed by atoms with E-state index in [9.17, 15) is 0 Å². The van der Waals surface area contributed by atoms with E-state index < -0.39 is 0 Å². The smallest absolute Gasteiger partial charge is 0.0548 e. The van der Waals surface area contributed by atoms with Gasteiger partial charge < -0.3 is 4.57 Å². The summed E-state index contributed by atoms with van der Waals surface area (Å²) in [7, 11) is 0. The maximum absolute atomic E-state index is 2.44. The van der Waals surface area contributed by atoms with Gasteiger partial charge in [-0.25, -0.2) is 0 Å². The lowest BCUT2D eigenvalue weighted by atomic mass is 9.97. The summed E-state index contributed by atoms with van der Waals surface area (Å²) in [5.74, 6) is 0. The van der Waals surface area contributed by atoms with Crippen molar-refractivity contribution in [2.24, 2.45) is 0 Å². The Morgan fingerprint density at radius 1 is 0.381 bits per heavy atom. The summed E-state index contributed by atoms with van der Waals surface area (Å²) in [6.07, 6.45) is 0. The fourth-order valence-electron chi connectivity index (χ4n) is 6.59. The van der Waals surface area contributed by atoms with Crippen molar-refractivity contribution in [1.82, 2.24) is 4.57 Å². The highest BCUT2D eigenvalue weighted by atomic mass is 32.1. The molecule has 0 fully saturated rings. The zero-order valence-corrected chi connectivity index (χ0v) is 23.6. The molecule has 0 aliphatic heterocycles. The monoisotopic (exact) mass is 551 g/mol. The van der Waals surface area contributed by atoms with E-state index in [1.54, 1.807) is 0 Å². The standard InChI is InChI=1S/C40H25NS/c1-2-9-26(10-3-1)27-17-20-30(21-18-27)41-37-22-19-29(32-15-8-12-28-11-4-5-13-31(28)32)23-34(37)35-25-40-36(24-38(35)41)33-14-6-7-16-39(33)42-40/h1-25H. The number of rotatable bonds is 3. The lowest BCUT2D eigenvalue weighted by Gasteiger charge is -2.11. The molecule has 0 saturated carbocycles. The lowest BCUT2D eigenvalue weighted by molar-refractivity contribution is 1.18. The van der Waals surface area contributed by atoms with E-state index in [0.717, 1.165) is 0 Å². The minimum atomic E-state index is 1.17. The first-order chi connectivity index (χ1) is 20.8. The van der Waals surface area contributed by atoms with Gasteiger partial charge in [0.1, 0.15) is 0 Å². The minimum Gasteiger partial charge on any atom is -0.309 e. The van der Waals surface area contributed by atoms with Crippen LogP contribution in [0.3, 0.4) is 0 Å². The van der Waals surface area contributed by atoms with Crippen LogP contribution in [-0.2, 0) is 0 Å². The average Bonchev–Trinajstić information content (AvgIpc) is 3.58. The van der Waals surface area contributed by atoms with E-state index in [4.69, 9.17) is 0 Å². The average molecular weight is 552 g/mol. The summed E-state index contributed by atoms with van der Waals surface area (Å²) in [6, 6.07) is 55.5. The molecule has 0 spiro atoms. The number of benzene rings is 7. The van der Waals surface area contributed by atoms with Gasteiger partial charge in [0.05, 0.1) is 11.0 Å². The predicted molar refractivity (Wildman–Crippen MR) is 182 cm³/mol. The number of hydrogen-bond donors (Lipinski definition) is 0. The van der Waals surface area contributed by atoms with Crippen molar-refractivity contribution in [1.29, 1.82) is 0 Å². The largest absolute Gasteiger partial charge is 0.309 e. The molecule has 0 saturated heterocycles. The Balaban J connectivity index is 1.33. The molecule has 2 aromatic heterocycles. The molecule has 1 nitrogen and oxygen atoms in total. The van der Waals surface area contributed by atoms with Crippen LogP contribution < -0.4 is 0 Å². The van der Waals surface area contributed by atoms with Crippen LogP contribution in [0, 0.1) is 0 Å². The highest BCUT2D eigenvalue weighted by Gasteiger charge is 2.17. The van der Waals surface area contributed by atoms with Gasteiger partial charge in [-0.15, -0.1) is 11.3 Å². The molecule has 196 valence electrons. The maximum Gasteiger partial charge on any atom is 0.0548 e. The Hall–Kier alpha value is -5.18. The zero-order valence-electron chi connectivity index (χ0n) is 22.8. The maximum atomic E-state index is 2.44. The van der Waals surface area contributed by atoms with Crippen LogP contribution >= 0.6 is 11.3 Å². The molecule has 0 aliphatic rings. The molecule has 0 bridgehead atoms. The molecule has 2 heterocycles. The van der Waals surface area contributed by atoms with Gasteiger partial charge in [0, 0.05) is 36.6 Å². The normalized spacial score (nSPS) is 11.8. The van der Waals surface area contributed by atoms with Crippen molar-refractivity contribution >= 4 is 64.1 Å². The Bertz CT molecular complexity index is 2440. The van der Waals surface area contributed by atoms with Crippen LogP contribution in [0.4, 0.5) is 0 Å². The van der Waals surface area contributed by atoms with Crippen molar-refractivity contribution in [2.75, 3.05) is 0 Å². The lowest BCUT2D eigenvalue weighted by Crippen LogP contribution is -1.94. The molecule has 0 amide bonds. The molecule has 9 rings (SSSR count). The summed E-state index contributed by atoms with van der Waals surface area (Å²) >= 11 is 1.88. The number of hydrogen-bond acceptors (Lipinski definition) is 1. The predicted octanol–water partition coefficient (Wildman–Crippen LogP) is 11.6. The quantitative estimate of drug-likeness (QED) is 0.206. The van der Waals surface area contributed by atoms with Gasteiger partial charge in [0.15, 0.2) is 0 Å². The Kier molecular flexibility index (Phi) is 5.13. The van der Waals surface area contributed by atoms with E-state index in [-0.39, 0.29) is 0 Å². The summed E-state index contributed by atoms with van der Waals surface area (Å²) in [5.41, 5.74) is 8.61. The zero-order chi connectivity index (χ0) is 27.6. The van der Waals surface area contributed by atoms with Crippen molar-refractivity contribution in [3.8, 4) is 27.9 Å². The third kappa shape index (κ3) is 3.56. The van der Waals surface area contributed by atoms with Crippen LogP contribution in [0.5, 0.6) is 0 Å². The van der Waals surface area contributed by atoms with Crippen molar-refractivity contribution in [3.63, 3.8) is 0 Å². The summed E-state index contributed by atoms with van der Waals surface area (Å²) in [5, 5.41) is 7.77. The van der Waals surface area contributed by atoms with Crippen LogP contribution in [0.2, 0.25) is 0 Å². The molecule has 0 N–H and O–H groups in total. The second-order valence-electron chi connectivity index (χ2n) is 11.0. The molecule has 2 heteroatoms. The highest BCUT2D eigenvalue weighted by Crippen LogP contribution is 2.42. The van der Waals surface area contributed by atoms with Gasteiger partial charge in [0.2, 0.25) is 0 Å². The number of aromatic nitrogens is 1. The Morgan fingerprint density at radius 3 is 1.95 bits per heavy atom. The molecular formula is C40H25NS. The SMILES string of the molecule is c1ccc(-c2ccc(-n3c4ccc(-c5cccc6ccccc56)cc4c4cc5sc6ccccc6c5cc43)cc2)cc1. The molecule has 9 aromatic rings. The van der Waals surface area contributed by atoms with Crippen molar-refractivity contribution in [2.45, 2.75) is 0 Å². The van der Waals surface area contributed by atoms with Gasteiger partial charge in [-0.2, -0.15) is 0 Å².